The average Bonchev–Trinajstić information content (AvgIpc) is 3.24. The monoisotopic (exact) mass is 466 g/mol. The third-order valence-corrected chi connectivity index (χ3v) is 5.10. The molecule has 9 nitrogen and oxygen atoms in total. The van der Waals surface area contributed by atoms with Crippen LogP contribution in [0.3, 0.4) is 0 Å². The number of ether oxygens (including phenoxy) is 3. The van der Waals surface area contributed by atoms with Crippen molar-refractivity contribution in [1.82, 2.24) is 14.9 Å². The van der Waals surface area contributed by atoms with E-state index < -0.39 is 5.60 Å². The average molecular weight is 467 g/mol. The lowest BCUT2D eigenvalue weighted by atomic mass is 10.2. The zero-order chi connectivity index (χ0) is 24.1. The highest BCUT2D eigenvalue weighted by Crippen LogP contribution is 2.27. The van der Waals surface area contributed by atoms with Gasteiger partial charge < -0.3 is 28.4 Å². The molecular formula is C25H30N4O5. The van der Waals surface area contributed by atoms with E-state index in [1.165, 1.54) is 0 Å². The van der Waals surface area contributed by atoms with Gasteiger partial charge in [-0.05, 0) is 45.0 Å². The van der Waals surface area contributed by atoms with Crippen LogP contribution < -0.4 is 14.4 Å². The van der Waals surface area contributed by atoms with Gasteiger partial charge in [0.25, 0.3) is 6.01 Å². The number of carbonyl (C=O) groups excluding carboxylic acids is 1. The fraction of sp³-hybridized carbons (Fsp3) is 0.400. The molecule has 1 aromatic carbocycles. The fourth-order valence-corrected chi connectivity index (χ4v) is 3.42. The normalized spacial score (nSPS) is 14.2. The fourth-order valence-electron chi connectivity index (χ4n) is 3.42. The summed E-state index contributed by atoms with van der Waals surface area (Å²) in [6, 6.07) is 9.79. The van der Waals surface area contributed by atoms with Gasteiger partial charge in [-0.25, -0.2) is 4.79 Å². The molecule has 3 aromatic rings. The molecule has 0 aliphatic carbocycles. The first-order valence-electron chi connectivity index (χ1n) is 11.3. The number of hydrogen-bond acceptors (Lipinski definition) is 8. The second-order valence-corrected chi connectivity index (χ2v) is 8.95. The maximum atomic E-state index is 12.3. The molecule has 1 amide bonds. The van der Waals surface area contributed by atoms with Crippen molar-refractivity contribution in [3.05, 3.63) is 54.9 Å². The third kappa shape index (κ3) is 5.98. The molecule has 3 heterocycles. The second kappa shape index (κ2) is 10.0. The van der Waals surface area contributed by atoms with E-state index in [9.17, 15) is 4.79 Å². The number of fused-ring (bicyclic) bond motifs is 1. The van der Waals surface area contributed by atoms with E-state index in [4.69, 9.17) is 18.6 Å². The van der Waals surface area contributed by atoms with Crippen LogP contribution in [0, 0.1) is 0 Å². The number of amides is 1. The third-order valence-electron chi connectivity index (χ3n) is 5.10. The Morgan fingerprint density at radius 3 is 2.56 bits per heavy atom. The van der Waals surface area contributed by atoms with E-state index in [1.54, 1.807) is 17.2 Å². The van der Waals surface area contributed by atoms with Crippen LogP contribution in [0.1, 0.15) is 26.5 Å². The predicted molar refractivity (Wildman–Crippen MR) is 128 cm³/mol. The quantitative estimate of drug-likeness (QED) is 0.473. The van der Waals surface area contributed by atoms with Gasteiger partial charge in [-0.15, -0.1) is 0 Å². The molecule has 1 saturated heterocycles. The van der Waals surface area contributed by atoms with Crippen LogP contribution in [0.15, 0.2) is 53.6 Å². The second-order valence-electron chi connectivity index (χ2n) is 8.95. The summed E-state index contributed by atoms with van der Waals surface area (Å²) < 4.78 is 22.7. The Morgan fingerprint density at radius 1 is 1.12 bits per heavy atom. The Labute approximate surface area is 198 Å². The number of nitrogens with zero attached hydrogens (tertiary/aromatic N) is 4. The van der Waals surface area contributed by atoms with Crippen LogP contribution in [-0.2, 0) is 11.3 Å². The van der Waals surface area contributed by atoms with Crippen LogP contribution in [0.25, 0.3) is 11.1 Å². The number of anilines is 1. The number of carbonyl (C=O) groups is 1. The standard InChI is InChI=1S/C25H30N4O5/c1-5-14-31-20-7-6-18(26-16-20)17-32-19-8-9-22-21(15-19)27-23(33-22)28-10-12-29(13-11-28)24(30)34-25(2,3)4/h5-9,15-16H,1,10-14,17H2,2-4H3. The van der Waals surface area contributed by atoms with E-state index in [0.717, 1.165) is 5.69 Å². The molecule has 1 aliphatic rings. The number of aromatic nitrogens is 2. The summed E-state index contributed by atoms with van der Waals surface area (Å²) in [5, 5.41) is 0. The molecule has 4 rings (SSSR count). The minimum atomic E-state index is -0.506. The molecule has 34 heavy (non-hydrogen) atoms. The van der Waals surface area contributed by atoms with Crippen LogP contribution >= 0.6 is 0 Å². The van der Waals surface area contributed by atoms with Crippen molar-refractivity contribution in [1.29, 1.82) is 0 Å². The van der Waals surface area contributed by atoms with Gasteiger partial charge in [0.05, 0.1) is 11.9 Å². The van der Waals surface area contributed by atoms with Crippen LogP contribution in [-0.4, -0.2) is 59.3 Å². The SMILES string of the molecule is C=CCOc1ccc(COc2ccc3oc(N4CCN(C(=O)OC(C)(C)C)CC4)nc3c2)nc1. The molecule has 1 fully saturated rings. The summed E-state index contributed by atoms with van der Waals surface area (Å²) in [5.74, 6) is 1.36. The lowest BCUT2D eigenvalue weighted by Gasteiger charge is -2.34. The molecule has 0 radical (unpaired) electrons. The van der Waals surface area contributed by atoms with Crippen molar-refractivity contribution in [3.8, 4) is 11.5 Å². The van der Waals surface area contributed by atoms with Crippen molar-refractivity contribution >= 4 is 23.2 Å². The number of rotatable bonds is 7. The van der Waals surface area contributed by atoms with E-state index in [-0.39, 0.29) is 6.09 Å². The van der Waals surface area contributed by atoms with Gasteiger partial charge in [-0.3, -0.25) is 4.98 Å². The number of hydrogen-bond donors (Lipinski definition) is 0. The summed E-state index contributed by atoms with van der Waals surface area (Å²) in [6.45, 7) is 12.3. The molecule has 0 spiro atoms. The molecule has 0 saturated carbocycles. The zero-order valence-electron chi connectivity index (χ0n) is 19.8. The molecule has 180 valence electrons. The Hall–Kier alpha value is -3.75. The van der Waals surface area contributed by atoms with Crippen LogP contribution in [0.2, 0.25) is 0 Å². The van der Waals surface area contributed by atoms with Crippen molar-refractivity contribution in [2.24, 2.45) is 0 Å². The first-order valence-corrected chi connectivity index (χ1v) is 11.3. The maximum Gasteiger partial charge on any atom is 0.410 e. The summed E-state index contributed by atoms with van der Waals surface area (Å²) in [5.41, 5.74) is 1.67. The van der Waals surface area contributed by atoms with E-state index in [1.807, 2.05) is 56.0 Å². The zero-order valence-corrected chi connectivity index (χ0v) is 19.8. The molecule has 0 unspecified atom stereocenters. The van der Waals surface area contributed by atoms with Gasteiger partial charge in [-0.2, -0.15) is 4.98 Å². The molecule has 1 aliphatic heterocycles. The molecule has 9 heteroatoms. The predicted octanol–water partition coefficient (Wildman–Crippen LogP) is 4.42. The van der Waals surface area contributed by atoms with E-state index in [2.05, 4.69) is 16.5 Å². The lowest BCUT2D eigenvalue weighted by molar-refractivity contribution is 0.0239. The minimum absolute atomic E-state index is 0.292. The number of oxazole rings is 1. The number of piperazine rings is 1. The largest absolute Gasteiger partial charge is 0.488 e. The Kier molecular flexibility index (Phi) is 6.90. The Bertz CT molecular complexity index is 1130. The van der Waals surface area contributed by atoms with Gasteiger partial charge in [0, 0.05) is 32.2 Å². The maximum absolute atomic E-state index is 12.3. The first-order chi connectivity index (χ1) is 16.3. The van der Waals surface area contributed by atoms with Crippen LogP contribution in [0.4, 0.5) is 10.8 Å². The van der Waals surface area contributed by atoms with Crippen molar-refractivity contribution in [2.45, 2.75) is 33.0 Å². The molecule has 0 bridgehead atoms. The molecule has 0 atom stereocenters. The van der Waals surface area contributed by atoms with Crippen LogP contribution in [0.5, 0.6) is 11.5 Å². The topological polar surface area (TPSA) is 90.2 Å². The van der Waals surface area contributed by atoms with Crippen molar-refractivity contribution in [3.63, 3.8) is 0 Å². The summed E-state index contributed by atoms with van der Waals surface area (Å²) in [4.78, 5) is 25.0. The first kappa shape index (κ1) is 23.4. The summed E-state index contributed by atoms with van der Waals surface area (Å²) >= 11 is 0. The van der Waals surface area contributed by atoms with Gasteiger partial charge >= 0.3 is 6.09 Å². The molecular weight excluding hydrogens is 436 g/mol. The summed E-state index contributed by atoms with van der Waals surface area (Å²) in [6.07, 6.45) is 3.06. The Morgan fingerprint density at radius 2 is 1.88 bits per heavy atom. The highest BCUT2D eigenvalue weighted by Gasteiger charge is 2.27. The van der Waals surface area contributed by atoms with Crippen molar-refractivity contribution in [2.75, 3.05) is 37.7 Å². The van der Waals surface area contributed by atoms with E-state index in [0.29, 0.717) is 68.0 Å². The number of benzene rings is 1. The van der Waals surface area contributed by atoms with Gasteiger partial charge in [0.1, 0.15) is 35.8 Å². The van der Waals surface area contributed by atoms with Gasteiger partial charge in [0.2, 0.25) is 0 Å². The van der Waals surface area contributed by atoms with Gasteiger partial charge in [0.15, 0.2) is 5.58 Å². The smallest absolute Gasteiger partial charge is 0.410 e. The summed E-state index contributed by atoms with van der Waals surface area (Å²) in [7, 11) is 0. The number of pyridine rings is 1. The highest BCUT2D eigenvalue weighted by molar-refractivity contribution is 5.76. The minimum Gasteiger partial charge on any atom is -0.488 e. The van der Waals surface area contributed by atoms with E-state index >= 15 is 0 Å². The Balaban J connectivity index is 1.33. The van der Waals surface area contributed by atoms with Gasteiger partial charge in [-0.1, -0.05) is 12.7 Å². The molecule has 0 N–H and O–H groups in total. The highest BCUT2D eigenvalue weighted by atomic mass is 16.6. The lowest BCUT2D eigenvalue weighted by Crippen LogP contribution is -2.50. The van der Waals surface area contributed by atoms with Crippen molar-refractivity contribution < 1.29 is 23.4 Å². The molecule has 2 aromatic heterocycles.